The molecule has 1 fully saturated rings. The summed E-state index contributed by atoms with van der Waals surface area (Å²) in [5, 5.41) is 2.53. The number of hydrogen-bond donors (Lipinski definition) is 2. The van der Waals surface area contributed by atoms with Crippen LogP contribution in [0.1, 0.15) is 30.9 Å². The van der Waals surface area contributed by atoms with Crippen molar-refractivity contribution in [2.45, 2.75) is 37.5 Å². The van der Waals surface area contributed by atoms with Crippen LogP contribution in [-0.2, 0) is 16.5 Å². The van der Waals surface area contributed by atoms with Gasteiger partial charge < -0.3 is 15.8 Å². The van der Waals surface area contributed by atoms with Gasteiger partial charge in [0.05, 0.1) is 11.1 Å². The summed E-state index contributed by atoms with van der Waals surface area (Å²) >= 11 is 0. The van der Waals surface area contributed by atoms with Gasteiger partial charge in [0.2, 0.25) is 0 Å². The number of carbonyl (C=O) groups excluding carboxylic acids is 1. The number of nitrogens with one attached hydrogen (secondary N) is 1. The summed E-state index contributed by atoms with van der Waals surface area (Å²) in [5.74, 6) is -1.34. The summed E-state index contributed by atoms with van der Waals surface area (Å²) in [4.78, 5) is 11.6. The average molecular weight is 320 g/mol. The van der Waals surface area contributed by atoms with Crippen molar-refractivity contribution in [3.63, 3.8) is 0 Å². The van der Waals surface area contributed by atoms with Crippen LogP contribution in [0.15, 0.2) is 18.2 Å². The van der Waals surface area contributed by atoms with Crippen molar-refractivity contribution >= 4 is 6.09 Å². The first-order valence-corrected chi connectivity index (χ1v) is 6.72. The highest BCUT2D eigenvalue weighted by Gasteiger charge is 2.47. The maximum absolute atomic E-state index is 13.3. The molecule has 1 aromatic rings. The molecule has 1 amide bonds. The Labute approximate surface area is 124 Å². The van der Waals surface area contributed by atoms with E-state index in [2.05, 4.69) is 5.32 Å². The van der Waals surface area contributed by atoms with E-state index in [1.54, 1.807) is 6.92 Å². The molecule has 2 rings (SSSR count). The molecule has 1 atom stereocenters. The van der Waals surface area contributed by atoms with Crippen LogP contribution in [0.2, 0.25) is 0 Å². The lowest BCUT2D eigenvalue weighted by Crippen LogP contribution is -2.37. The van der Waals surface area contributed by atoms with E-state index >= 15 is 0 Å². The smallest absolute Gasteiger partial charge is 0.419 e. The molecule has 0 spiro atoms. The molecule has 1 aromatic carbocycles. The van der Waals surface area contributed by atoms with E-state index in [0.717, 1.165) is 12.1 Å². The Bertz CT molecular complexity index is 568. The molecule has 3 N–H and O–H groups in total. The number of hydrogen-bond acceptors (Lipinski definition) is 3. The first kappa shape index (κ1) is 16.5. The van der Waals surface area contributed by atoms with E-state index in [-0.39, 0.29) is 18.2 Å². The number of alkyl halides is 3. The predicted octanol–water partition coefficient (Wildman–Crippen LogP) is 2.91. The van der Waals surface area contributed by atoms with E-state index in [4.69, 9.17) is 10.5 Å². The molecule has 122 valence electrons. The van der Waals surface area contributed by atoms with Gasteiger partial charge in [0.15, 0.2) is 0 Å². The van der Waals surface area contributed by atoms with Crippen molar-refractivity contribution in [2.24, 2.45) is 5.73 Å². The van der Waals surface area contributed by atoms with E-state index in [1.165, 1.54) is 6.07 Å². The van der Waals surface area contributed by atoms with Crippen LogP contribution >= 0.6 is 0 Å². The number of nitrogens with two attached hydrogens (primary N) is 1. The third kappa shape index (κ3) is 3.68. The number of carbonyl (C=O) groups is 1. The number of halogens is 4. The number of alkyl carbamates (subject to hydrolysis) is 1. The topological polar surface area (TPSA) is 64.3 Å². The lowest BCUT2D eigenvalue weighted by Gasteiger charge is -2.20. The molecule has 4 nitrogen and oxygen atoms in total. The number of benzene rings is 1. The van der Waals surface area contributed by atoms with Gasteiger partial charge in [0.25, 0.3) is 0 Å². The predicted molar refractivity (Wildman–Crippen MR) is 70.4 cm³/mol. The van der Waals surface area contributed by atoms with Gasteiger partial charge in [-0.3, -0.25) is 0 Å². The van der Waals surface area contributed by atoms with Crippen LogP contribution in [0, 0.1) is 5.82 Å². The third-order valence-corrected chi connectivity index (χ3v) is 3.39. The number of amides is 1. The van der Waals surface area contributed by atoms with Gasteiger partial charge in [-0.15, -0.1) is 0 Å². The van der Waals surface area contributed by atoms with Crippen molar-refractivity contribution in [1.82, 2.24) is 5.32 Å². The molecule has 0 saturated heterocycles. The maximum atomic E-state index is 13.3. The fourth-order valence-electron chi connectivity index (χ4n) is 2.09. The Morgan fingerprint density at radius 2 is 2.09 bits per heavy atom. The normalized spacial score (nSPS) is 17.7. The van der Waals surface area contributed by atoms with Gasteiger partial charge in [-0.25, -0.2) is 9.18 Å². The second-order valence-electron chi connectivity index (χ2n) is 5.48. The molecule has 1 aliphatic rings. The molecule has 1 unspecified atom stereocenters. The summed E-state index contributed by atoms with van der Waals surface area (Å²) in [6, 6.07) is 2.38. The molecular formula is C14H16F4N2O2. The molecular weight excluding hydrogens is 304 g/mol. The van der Waals surface area contributed by atoms with Gasteiger partial charge in [-0.1, -0.05) is 6.07 Å². The summed E-state index contributed by atoms with van der Waals surface area (Å²) in [6.45, 7) is 1.65. The minimum atomic E-state index is -4.79. The fraction of sp³-hybridized carbons (Fsp3) is 0.500. The lowest BCUT2D eigenvalue weighted by atomic mass is 10.0. The average Bonchev–Trinajstić information content (AvgIpc) is 3.16. The zero-order valence-corrected chi connectivity index (χ0v) is 11.8. The van der Waals surface area contributed by atoms with Crippen molar-refractivity contribution in [2.75, 3.05) is 6.61 Å². The molecule has 0 aliphatic heterocycles. The third-order valence-electron chi connectivity index (χ3n) is 3.39. The number of rotatable bonds is 4. The van der Waals surface area contributed by atoms with Crippen LogP contribution in [0.5, 0.6) is 0 Å². The maximum Gasteiger partial charge on any atom is 0.419 e. The zero-order chi connectivity index (χ0) is 16.5. The largest absolute Gasteiger partial charge is 0.448 e. The highest BCUT2D eigenvalue weighted by Crippen LogP contribution is 2.47. The van der Waals surface area contributed by atoms with E-state index in [1.807, 2.05) is 0 Å². The first-order chi connectivity index (χ1) is 10.1. The minimum absolute atomic E-state index is 0.000861. The highest BCUT2D eigenvalue weighted by atomic mass is 19.4. The van der Waals surface area contributed by atoms with Crippen LogP contribution in [0.4, 0.5) is 22.4 Å². The Morgan fingerprint density at radius 1 is 1.45 bits per heavy atom. The van der Waals surface area contributed by atoms with E-state index < -0.39 is 29.2 Å². The van der Waals surface area contributed by atoms with Crippen LogP contribution in [0.3, 0.4) is 0 Å². The lowest BCUT2D eigenvalue weighted by molar-refractivity contribution is -0.140. The van der Waals surface area contributed by atoms with E-state index in [0.29, 0.717) is 12.8 Å². The Balaban J connectivity index is 2.15. The minimum Gasteiger partial charge on any atom is -0.448 e. The number of ether oxygens (including phenoxy) is 1. The van der Waals surface area contributed by atoms with E-state index in [9.17, 15) is 22.4 Å². The summed E-state index contributed by atoms with van der Waals surface area (Å²) in [6.07, 6.45) is -4.62. The Hall–Kier alpha value is -1.83. The van der Waals surface area contributed by atoms with Crippen LogP contribution in [-0.4, -0.2) is 18.7 Å². The SMILES string of the molecule is CC(N)COC(=O)NC1(c2ccc(F)c(C(F)(F)F)c2)CC1. The monoisotopic (exact) mass is 320 g/mol. The van der Waals surface area contributed by atoms with Gasteiger partial charge in [0, 0.05) is 6.04 Å². The van der Waals surface area contributed by atoms with Crippen molar-refractivity contribution in [1.29, 1.82) is 0 Å². The van der Waals surface area contributed by atoms with Gasteiger partial charge in [-0.05, 0) is 37.5 Å². The molecule has 8 heteroatoms. The fourth-order valence-corrected chi connectivity index (χ4v) is 2.09. The molecule has 0 radical (unpaired) electrons. The van der Waals surface area contributed by atoms with Crippen molar-refractivity contribution in [3.05, 3.63) is 35.1 Å². The van der Waals surface area contributed by atoms with Gasteiger partial charge in [-0.2, -0.15) is 13.2 Å². The molecule has 0 aromatic heterocycles. The van der Waals surface area contributed by atoms with Crippen LogP contribution < -0.4 is 11.1 Å². The standard InChI is InChI=1S/C14H16F4N2O2/c1-8(19)7-22-12(21)20-13(4-5-13)9-2-3-11(15)10(6-9)14(16,17)18/h2-3,6,8H,4-5,7,19H2,1H3,(H,20,21). The van der Waals surface area contributed by atoms with Crippen molar-refractivity contribution in [3.8, 4) is 0 Å². The first-order valence-electron chi connectivity index (χ1n) is 6.72. The second kappa shape index (κ2) is 5.75. The second-order valence-corrected chi connectivity index (χ2v) is 5.48. The Kier molecular flexibility index (Phi) is 4.32. The molecule has 0 heterocycles. The van der Waals surface area contributed by atoms with Crippen molar-refractivity contribution < 1.29 is 27.1 Å². The van der Waals surface area contributed by atoms with Crippen LogP contribution in [0.25, 0.3) is 0 Å². The summed E-state index contributed by atoms with van der Waals surface area (Å²) in [5.41, 5.74) is 3.38. The van der Waals surface area contributed by atoms with Gasteiger partial charge >= 0.3 is 12.3 Å². The zero-order valence-electron chi connectivity index (χ0n) is 11.8. The molecule has 0 bridgehead atoms. The quantitative estimate of drug-likeness (QED) is 0.839. The highest BCUT2D eigenvalue weighted by molar-refractivity contribution is 5.69. The summed E-state index contributed by atoms with van der Waals surface area (Å²) < 4.78 is 56.4. The Morgan fingerprint density at radius 3 is 2.59 bits per heavy atom. The molecule has 22 heavy (non-hydrogen) atoms. The molecule has 1 aliphatic carbocycles. The van der Waals surface area contributed by atoms with Gasteiger partial charge in [0.1, 0.15) is 12.4 Å². The summed E-state index contributed by atoms with van der Waals surface area (Å²) in [7, 11) is 0. The molecule has 1 saturated carbocycles.